The van der Waals surface area contributed by atoms with Crippen molar-refractivity contribution in [2.24, 2.45) is 0 Å². The monoisotopic (exact) mass is 439 g/mol. The summed E-state index contributed by atoms with van der Waals surface area (Å²) in [5, 5.41) is 11.8. The molecule has 0 fully saturated rings. The van der Waals surface area contributed by atoms with E-state index in [9.17, 15) is 18.5 Å². The van der Waals surface area contributed by atoms with E-state index in [2.05, 4.69) is 10.8 Å². The van der Waals surface area contributed by atoms with Gasteiger partial charge in [-0.05, 0) is 53.9 Å². The molecule has 1 N–H and O–H groups in total. The van der Waals surface area contributed by atoms with Crippen molar-refractivity contribution in [1.82, 2.24) is 0 Å². The van der Waals surface area contributed by atoms with Crippen LogP contribution in [0.5, 0.6) is 5.75 Å². The molecule has 3 aromatic carbocycles. The Hall–Kier alpha value is -3.59. The number of sulfonamides is 1. The number of anilines is 2. The van der Waals surface area contributed by atoms with Gasteiger partial charge in [0.05, 0.1) is 16.9 Å². The normalized spacial score (nSPS) is 13.4. The van der Waals surface area contributed by atoms with Gasteiger partial charge < -0.3 is 9.64 Å². The number of nitro benzene ring substituents is 1. The molecule has 3 aromatic rings. The van der Waals surface area contributed by atoms with Crippen molar-refractivity contribution < 1.29 is 18.1 Å². The van der Waals surface area contributed by atoms with Gasteiger partial charge in [0.15, 0.2) is 0 Å². The number of ether oxygens (including phenoxy) is 1. The van der Waals surface area contributed by atoms with Crippen LogP contribution in [0.2, 0.25) is 0 Å². The van der Waals surface area contributed by atoms with Gasteiger partial charge in [0.1, 0.15) is 11.4 Å². The van der Waals surface area contributed by atoms with E-state index in [0.717, 1.165) is 18.1 Å². The second-order valence-corrected chi connectivity index (χ2v) is 8.86. The number of methoxy groups -OCH3 is 1. The molecule has 0 aliphatic carbocycles. The van der Waals surface area contributed by atoms with Gasteiger partial charge in [-0.3, -0.25) is 14.8 Å². The highest BCUT2D eigenvalue weighted by Gasteiger charge is 2.26. The van der Waals surface area contributed by atoms with Crippen LogP contribution in [0.1, 0.15) is 11.1 Å². The predicted octanol–water partition coefficient (Wildman–Crippen LogP) is 3.97. The van der Waals surface area contributed by atoms with Crippen LogP contribution in [0, 0.1) is 10.1 Å². The SMILES string of the molecule is COc1ccc(NS(=O)(=O)c2ccc(N3CCc4ccccc4C3)c([N+](=O)[O-])c2)cc1. The van der Waals surface area contributed by atoms with Crippen LogP contribution in [0.4, 0.5) is 17.1 Å². The average molecular weight is 439 g/mol. The zero-order chi connectivity index (χ0) is 22.0. The van der Waals surface area contributed by atoms with Crippen molar-refractivity contribution in [3.05, 3.63) is 88.0 Å². The summed E-state index contributed by atoms with van der Waals surface area (Å²) in [5.41, 5.74) is 2.84. The molecule has 4 rings (SSSR count). The highest BCUT2D eigenvalue weighted by Crippen LogP contribution is 2.34. The Labute approximate surface area is 180 Å². The molecule has 0 aromatic heterocycles. The van der Waals surface area contributed by atoms with E-state index in [-0.39, 0.29) is 10.6 Å². The van der Waals surface area contributed by atoms with E-state index in [0.29, 0.717) is 30.2 Å². The number of fused-ring (bicyclic) bond motifs is 1. The van der Waals surface area contributed by atoms with Crippen molar-refractivity contribution in [2.45, 2.75) is 17.9 Å². The molecular weight excluding hydrogens is 418 g/mol. The first-order chi connectivity index (χ1) is 14.9. The summed E-state index contributed by atoms with van der Waals surface area (Å²) in [4.78, 5) is 13.0. The van der Waals surface area contributed by atoms with Crippen molar-refractivity contribution in [1.29, 1.82) is 0 Å². The minimum absolute atomic E-state index is 0.170. The summed E-state index contributed by atoms with van der Waals surface area (Å²) in [7, 11) is -2.48. The highest BCUT2D eigenvalue weighted by molar-refractivity contribution is 7.92. The number of nitrogens with one attached hydrogen (secondary N) is 1. The summed E-state index contributed by atoms with van der Waals surface area (Å²) in [6.07, 6.45) is 0.770. The Morgan fingerprint density at radius 3 is 2.42 bits per heavy atom. The van der Waals surface area contributed by atoms with E-state index in [1.54, 1.807) is 24.3 Å². The van der Waals surface area contributed by atoms with Crippen molar-refractivity contribution in [3.8, 4) is 5.75 Å². The fourth-order valence-electron chi connectivity index (χ4n) is 3.66. The summed E-state index contributed by atoms with van der Waals surface area (Å²) < 4.78 is 33.1. The van der Waals surface area contributed by atoms with Crippen molar-refractivity contribution in [3.63, 3.8) is 0 Å². The maximum Gasteiger partial charge on any atom is 0.293 e. The molecule has 0 saturated carbocycles. The Morgan fingerprint density at radius 2 is 1.74 bits per heavy atom. The summed E-state index contributed by atoms with van der Waals surface area (Å²) in [6, 6.07) is 18.4. The lowest BCUT2D eigenvalue weighted by Gasteiger charge is -2.30. The van der Waals surface area contributed by atoms with Gasteiger partial charge in [0.2, 0.25) is 0 Å². The van der Waals surface area contributed by atoms with E-state index >= 15 is 0 Å². The third-order valence-electron chi connectivity index (χ3n) is 5.27. The lowest BCUT2D eigenvalue weighted by Crippen LogP contribution is -2.30. The molecule has 0 atom stereocenters. The van der Waals surface area contributed by atoms with Gasteiger partial charge in [0, 0.05) is 24.8 Å². The highest BCUT2D eigenvalue weighted by atomic mass is 32.2. The molecule has 0 bridgehead atoms. The zero-order valence-corrected chi connectivity index (χ0v) is 17.6. The third kappa shape index (κ3) is 4.31. The van der Waals surface area contributed by atoms with Crippen molar-refractivity contribution >= 4 is 27.1 Å². The lowest BCUT2D eigenvalue weighted by molar-refractivity contribution is -0.384. The smallest absolute Gasteiger partial charge is 0.293 e. The minimum Gasteiger partial charge on any atom is -0.497 e. The average Bonchev–Trinajstić information content (AvgIpc) is 2.78. The molecule has 0 amide bonds. The molecule has 1 heterocycles. The fourth-order valence-corrected chi connectivity index (χ4v) is 4.74. The number of hydrogen-bond donors (Lipinski definition) is 1. The molecule has 31 heavy (non-hydrogen) atoms. The van der Waals surface area contributed by atoms with Gasteiger partial charge in [-0.25, -0.2) is 8.42 Å². The minimum atomic E-state index is -4.00. The molecule has 0 saturated heterocycles. The Balaban J connectivity index is 1.63. The number of nitrogens with zero attached hydrogens (tertiary/aromatic N) is 2. The van der Waals surface area contributed by atoms with Gasteiger partial charge in [-0.2, -0.15) is 0 Å². The first-order valence-electron chi connectivity index (χ1n) is 9.64. The first-order valence-corrected chi connectivity index (χ1v) is 11.1. The zero-order valence-electron chi connectivity index (χ0n) is 16.8. The summed E-state index contributed by atoms with van der Waals surface area (Å²) >= 11 is 0. The van der Waals surface area contributed by atoms with Gasteiger partial charge in [-0.15, -0.1) is 0 Å². The predicted molar refractivity (Wildman–Crippen MR) is 118 cm³/mol. The second kappa shape index (κ2) is 8.27. The molecule has 1 aliphatic rings. The number of nitro groups is 1. The standard InChI is InChI=1S/C22H21N3O5S/c1-30-19-8-6-18(7-9-19)23-31(28,29)20-10-11-21(22(14-20)25(26)27)24-13-12-16-4-2-3-5-17(16)15-24/h2-11,14,23H,12-13,15H2,1H3. The topological polar surface area (TPSA) is 102 Å². The van der Waals surface area contributed by atoms with Crippen LogP contribution in [0.25, 0.3) is 0 Å². The van der Waals surface area contributed by atoms with Gasteiger partial charge in [-0.1, -0.05) is 24.3 Å². The Kier molecular flexibility index (Phi) is 5.51. The lowest BCUT2D eigenvalue weighted by atomic mass is 9.99. The van der Waals surface area contributed by atoms with Crippen LogP contribution in [0.3, 0.4) is 0 Å². The largest absolute Gasteiger partial charge is 0.497 e. The van der Waals surface area contributed by atoms with Crippen LogP contribution < -0.4 is 14.4 Å². The van der Waals surface area contributed by atoms with E-state index < -0.39 is 14.9 Å². The maximum absolute atomic E-state index is 12.8. The van der Waals surface area contributed by atoms with Gasteiger partial charge >= 0.3 is 0 Å². The maximum atomic E-state index is 12.8. The molecule has 9 heteroatoms. The summed E-state index contributed by atoms with van der Waals surface area (Å²) in [5.74, 6) is 0.589. The van der Waals surface area contributed by atoms with E-state index in [1.165, 1.54) is 24.8 Å². The molecule has 1 aliphatic heterocycles. The van der Waals surface area contributed by atoms with E-state index in [1.807, 2.05) is 23.1 Å². The van der Waals surface area contributed by atoms with E-state index in [4.69, 9.17) is 4.74 Å². The Morgan fingerprint density at radius 1 is 1.03 bits per heavy atom. The van der Waals surface area contributed by atoms with Crippen LogP contribution in [-0.4, -0.2) is 27.0 Å². The first kappa shape index (κ1) is 20.7. The second-order valence-electron chi connectivity index (χ2n) is 7.18. The summed E-state index contributed by atoms with van der Waals surface area (Å²) in [6.45, 7) is 1.15. The fraction of sp³-hybridized carbons (Fsp3) is 0.182. The van der Waals surface area contributed by atoms with Crippen molar-refractivity contribution in [2.75, 3.05) is 23.3 Å². The molecule has 160 valence electrons. The number of hydrogen-bond acceptors (Lipinski definition) is 6. The molecular formula is C22H21N3O5S. The Bertz CT molecular complexity index is 1230. The molecule has 0 radical (unpaired) electrons. The van der Waals surface area contributed by atoms with Gasteiger partial charge in [0.25, 0.3) is 15.7 Å². The van der Waals surface area contributed by atoms with Crippen LogP contribution in [-0.2, 0) is 23.0 Å². The molecule has 0 spiro atoms. The number of rotatable bonds is 6. The van der Waals surface area contributed by atoms with Crippen LogP contribution >= 0.6 is 0 Å². The quantitative estimate of drug-likeness (QED) is 0.461. The number of benzene rings is 3. The van der Waals surface area contributed by atoms with Crippen LogP contribution in [0.15, 0.2) is 71.6 Å². The molecule has 8 nitrogen and oxygen atoms in total. The third-order valence-corrected chi connectivity index (χ3v) is 6.65. The molecule has 0 unspecified atom stereocenters.